The number of ether oxygens (including phenoxy) is 1. The van der Waals surface area contributed by atoms with Crippen LogP contribution < -0.4 is 5.32 Å². The molecule has 0 aromatic rings. The predicted octanol–water partition coefficient (Wildman–Crippen LogP) is 1.94. The van der Waals surface area contributed by atoms with Crippen LogP contribution in [0.3, 0.4) is 0 Å². The highest BCUT2D eigenvalue weighted by molar-refractivity contribution is 4.96. The van der Waals surface area contributed by atoms with Crippen LogP contribution in [0.1, 0.15) is 40.0 Å². The lowest BCUT2D eigenvalue weighted by molar-refractivity contribution is -0.0662. The summed E-state index contributed by atoms with van der Waals surface area (Å²) in [4.78, 5) is 0. The van der Waals surface area contributed by atoms with Crippen molar-refractivity contribution in [2.45, 2.75) is 57.8 Å². The molecule has 1 heterocycles. The van der Waals surface area contributed by atoms with E-state index in [1.54, 1.807) is 0 Å². The van der Waals surface area contributed by atoms with E-state index in [9.17, 15) is 0 Å². The molecule has 0 bridgehead atoms. The van der Waals surface area contributed by atoms with E-state index in [0.29, 0.717) is 12.1 Å². The molecule has 3 atom stereocenters. The van der Waals surface area contributed by atoms with Crippen LogP contribution >= 0.6 is 0 Å². The molecular weight excluding hydrogens is 162 g/mol. The van der Waals surface area contributed by atoms with Gasteiger partial charge in [0.2, 0.25) is 0 Å². The van der Waals surface area contributed by atoms with E-state index in [1.807, 2.05) is 0 Å². The Kier molecular flexibility index (Phi) is 2.37. The van der Waals surface area contributed by atoms with Gasteiger partial charge in [-0.2, -0.15) is 0 Å². The Balaban J connectivity index is 1.94. The number of nitrogens with one attached hydrogen (secondary N) is 1. The van der Waals surface area contributed by atoms with Gasteiger partial charge >= 0.3 is 0 Å². The molecule has 2 heteroatoms. The summed E-state index contributed by atoms with van der Waals surface area (Å²) in [6, 6.07) is 0.652. The highest BCUT2D eigenvalue weighted by atomic mass is 16.5. The molecule has 13 heavy (non-hydrogen) atoms. The first kappa shape index (κ1) is 9.47. The van der Waals surface area contributed by atoms with E-state index in [4.69, 9.17) is 4.74 Å². The summed E-state index contributed by atoms with van der Waals surface area (Å²) in [6.07, 6.45) is 4.43. The maximum Gasteiger partial charge on any atom is 0.0737 e. The van der Waals surface area contributed by atoms with Crippen LogP contribution in [0.25, 0.3) is 0 Å². The number of hydrogen-bond donors (Lipinski definition) is 1. The average Bonchev–Trinajstić information content (AvgIpc) is 2.50. The Morgan fingerprint density at radius 3 is 2.62 bits per heavy atom. The lowest BCUT2D eigenvalue weighted by atomic mass is 10.0. The van der Waals surface area contributed by atoms with Crippen LogP contribution in [0.5, 0.6) is 0 Å². The maximum absolute atomic E-state index is 6.05. The van der Waals surface area contributed by atoms with Crippen molar-refractivity contribution >= 4 is 0 Å². The minimum atomic E-state index is 0.0177. The molecule has 1 saturated carbocycles. The minimum Gasteiger partial charge on any atom is -0.371 e. The summed E-state index contributed by atoms with van der Waals surface area (Å²) in [7, 11) is 0. The Morgan fingerprint density at radius 1 is 1.15 bits per heavy atom. The van der Waals surface area contributed by atoms with E-state index >= 15 is 0 Å². The minimum absolute atomic E-state index is 0.0177. The summed E-state index contributed by atoms with van der Waals surface area (Å²) >= 11 is 0. The summed E-state index contributed by atoms with van der Waals surface area (Å²) in [6.45, 7) is 7.64. The van der Waals surface area contributed by atoms with Gasteiger partial charge in [0.05, 0.1) is 11.7 Å². The Bertz CT molecular complexity index is 185. The lowest BCUT2D eigenvalue weighted by Crippen LogP contribution is -2.39. The molecule has 1 N–H and O–H groups in total. The van der Waals surface area contributed by atoms with Crippen molar-refractivity contribution in [3.8, 4) is 0 Å². The third kappa shape index (κ3) is 2.05. The summed E-state index contributed by atoms with van der Waals surface area (Å²) in [5.41, 5.74) is 0.0177. The van der Waals surface area contributed by atoms with Gasteiger partial charge in [-0.05, 0) is 52.5 Å². The van der Waals surface area contributed by atoms with E-state index in [2.05, 4.69) is 26.1 Å². The maximum atomic E-state index is 6.05. The highest BCUT2D eigenvalue weighted by Gasteiger charge is 2.40. The molecule has 1 unspecified atom stereocenters. The van der Waals surface area contributed by atoms with Crippen LogP contribution in [0.15, 0.2) is 0 Å². The molecule has 0 amide bonds. The van der Waals surface area contributed by atoms with Gasteiger partial charge in [0.15, 0.2) is 0 Å². The standard InChI is InChI=1S/C11H21NO/c1-11(2,3)13-9-5-4-8-6-7-12-10(8)9/h8-10,12H,4-7H2,1-3H3/t8-,9?,10+/m1/s1. The fourth-order valence-electron chi connectivity index (χ4n) is 2.68. The molecular formula is C11H21NO. The zero-order valence-electron chi connectivity index (χ0n) is 8.97. The fraction of sp³-hybridized carbons (Fsp3) is 1.00. The van der Waals surface area contributed by atoms with E-state index < -0.39 is 0 Å². The third-order valence-corrected chi connectivity index (χ3v) is 3.13. The van der Waals surface area contributed by atoms with E-state index in [0.717, 1.165) is 5.92 Å². The Morgan fingerprint density at radius 2 is 1.92 bits per heavy atom. The first-order valence-corrected chi connectivity index (χ1v) is 5.47. The van der Waals surface area contributed by atoms with E-state index in [-0.39, 0.29) is 5.60 Å². The second-order valence-electron chi connectivity index (χ2n) is 5.37. The van der Waals surface area contributed by atoms with Gasteiger partial charge in [-0.25, -0.2) is 0 Å². The van der Waals surface area contributed by atoms with Gasteiger partial charge in [0.1, 0.15) is 0 Å². The highest BCUT2D eigenvalue weighted by Crippen LogP contribution is 2.35. The summed E-state index contributed by atoms with van der Waals surface area (Å²) in [5, 5.41) is 3.57. The van der Waals surface area contributed by atoms with Crippen molar-refractivity contribution in [3.63, 3.8) is 0 Å². The first-order chi connectivity index (χ1) is 6.06. The molecule has 76 valence electrons. The van der Waals surface area contributed by atoms with Gasteiger partial charge < -0.3 is 10.1 Å². The quantitative estimate of drug-likeness (QED) is 0.671. The van der Waals surface area contributed by atoms with Gasteiger partial charge in [0, 0.05) is 6.04 Å². The fourth-order valence-corrected chi connectivity index (χ4v) is 2.68. The van der Waals surface area contributed by atoms with Crippen molar-refractivity contribution in [1.82, 2.24) is 5.32 Å². The Hall–Kier alpha value is -0.0800. The molecule has 2 rings (SSSR count). The van der Waals surface area contributed by atoms with E-state index in [1.165, 1.54) is 25.8 Å². The van der Waals surface area contributed by atoms with Gasteiger partial charge in [-0.15, -0.1) is 0 Å². The van der Waals surface area contributed by atoms with Crippen LogP contribution in [0, 0.1) is 5.92 Å². The molecule has 1 aliphatic carbocycles. The van der Waals surface area contributed by atoms with Gasteiger partial charge in [0.25, 0.3) is 0 Å². The summed E-state index contributed by atoms with van der Waals surface area (Å²) in [5.74, 6) is 0.896. The van der Waals surface area contributed by atoms with Crippen LogP contribution in [0.4, 0.5) is 0 Å². The monoisotopic (exact) mass is 183 g/mol. The lowest BCUT2D eigenvalue weighted by Gasteiger charge is -2.28. The molecule has 2 aliphatic rings. The summed E-state index contributed by atoms with van der Waals surface area (Å²) < 4.78 is 6.05. The first-order valence-electron chi connectivity index (χ1n) is 5.47. The van der Waals surface area contributed by atoms with Crippen molar-refractivity contribution in [1.29, 1.82) is 0 Å². The number of rotatable bonds is 1. The normalized spacial score (nSPS) is 39.5. The molecule has 0 radical (unpaired) electrons. The molecule has 2 fully saturated rings. The van der Waals surface area contributed by atoms with Gasteiger partial charge in [-0.1, -0.05) is 0 Å². The Labute approximate surface area is 81.0 Å². The molecule has 2 nitrogen and oxygen atoms in total. The zero-order valence-corrected chi connectivity index (χ0v) is 8.97. The molecule has 0 aromatic carbocycles. The predicted molar refractivity (Wildman–Crippen MR) is 53.8 cm³/mol. The van der Waals surface area contributed by atoms with Crippen molar-refractivity contribution in [2.75, 3.05) is 6.54 Å². The SMILES string of the molecule is CC(C)(C)OC1CC[C@@H]2CCN[C@H]12. The average molecular weight is 183 g/mol. The molecule has 0 aromatic heterocycles. The molecule has 0 spiro atoms. The molecule has 1 aliphatic heterocycles. The van der Waals surface area contributed by atoms with Crippen LogP contribution in [-0.2, 0) is 4.74 Å². The number of hydrogen-bond acceptors (Lipinski definition) is 2. The van der Waals surface area contributed by atoms with Crippen molar-refractivity contribution in [2.24, 2.45) is 5.92 Å². The zero-order chi connectivity index (χ0) is 9.47. The van der Waals surface area contributed by atoms with Gasteiger partial charge in [-0.3, -0.25) is 0 Å². The molecule has 1 saturated heterocycles. The van der Waals surface area contributed by atoms with Crippen molar-refractivity contribution in [3.05, 3.63) is 0 Å². The topological polar surface area (TPSA) is 21.3 Å². The second-order valence-corrected chi connectivity index (χ2v) is 5.37. The van der Waals surface area contributed by atoms with Crippen LogP contribution in [0.2, 0.25) is 0 Å². The number of fused-ring (bicyclic) bond motifs is 1. The smallest absolute Gasteiger partial charge is 0.0737 e. The largest absolute Gasteiger partial charge is 0.371 e. The third-order valence-electron chi connectivity index (χ3n) is 3.13. The second kappa shape index (κ2) is 3.25. The van der Waals surface area contributed by atoms with Crippen LogP contribution in [-0.4, -0.2) is 24.3 Å². The van der Waals surface area contributed by atoms with Crippen molar-refractivity contribution < 1.29 is 4.74 Å².